The van der Waals surface area contributed by atoms with E-state index in [2.05, 4.69) is 10.2 Å². The molecule has 15 heavy (non-hydrogen) atoms. The fourth-order valence-electron chi connectivity index (χ4n) is 1.23. The summed E-state index contributed by atoms with van der Waals surface area (Å²) in [5, 5.41) is 8.08. The molecule has 0 fully saturated rings. The highest BCUT2D eigenvalue weighted by Gasteiger charge is 2.02. The number of aromatic nitrogens is 2. The molecule has 0 aliphatic carbocycles. The molecule has 1 aromatic rings. The SMILES string of the molecule is COCCCN(C)c1ccc(CN)nn1. The van der Waals surface area contributed by atoms with Crippen molar-refractivity contribution >= 4 is 5.82 Å². The topological polar surface area (TPSA) is 64.3 Å². The van der Waals surface area contributed by atoms with Crippen LogP contribution >= 0.6 is 0 Å². The van der Waals surface area contributed by atoms with Crippen molar-refractivity contribution in [3.8, 4) is 0 Å². The van der Waals surface area contributed by atoms with Crippen LogP contribution in [0.15, 0.2) is 12.1 Å². The lowest BCUT2D eigenvalue weighted by Crippen LogP contribution is -2.21. The first-order valence-corrected chi connectivity index (χ1v) is 5.00. The summed E-state index contributed by atoms with van der Waals surface area (Å²) in [4.78, 5) is 2.05. The van der Waals surface area contributed by atoms with Crippen molar-refractivity contribution in [3.05, 3.63) is 17.8 Å². The molecule has 1 rings (SSSR count). The molecule has 0 spiro atoms. The predicted octanol–water partition coefficient (Wildman–Crippen LogP) is 0.408. The van der Waals surface area contributed by atoms with Crippen molar-refractivity contribution in [1.82, 2.24) is 10.2 Å². The number of anilines is 1. The van der Waals surface area contributed by atoms with E-state index in [1.54, 1.807) is 7.11 Å². The Morgan fingerprint density at radius 1 is 1.40 bits per heavy atom. The predicted molar refractivity (Wildman–Crippen MR) is 59.7 cm³/mol. The van der Waals surface area contributed by atoms with E-state index in [9.17, 15) is 0 Å². The second kappa shape index (κ2) is 6.31. The molecule has 1 aromatic heterocycles. The molecule has 0 atom stereocenters. The Labute approximate surface area is 90.2 Å². The maximum Gasteiger partial charge on any atom is 0.150 e. The normalized spacial score (nSPS) is 10.3. The molecule has 0 aromatic carbocycles. The summed E-state index contributed by atoms with van der Waals surface area (Å²) in [6, 6.07) is 3.83. The molecule has 2 N–H and O–H groups in total. The Morgan fingerprint density at radius 3 is 2.73 bits per heavy atom. The number of rotatable bonds is 6. The third-order valence-electron chi connectivity index (χ3n) is 2.15. The molecule has 0 saturated carbocycles. The number of hydrogen-bond acceptors (Lipinski definition) is 5. The van der Waals surface area contributed by atoms with Crippen LogP contribution < -0.4 is 10.6 Å². The van der Waals surface area contributed by atoms with Gasteiger partial charge in [0, 0.05) is 33.9 Å². The standard InChI is InChI=1S/C10H18N4O/c1-14(6-3-7-15-2)10-5-4-9(8-11)12-13-10/h4-5H,3,6-8,11H2,1-2H3. The van der Waals surface area contributed by atoms with Crippen LogP contribution in [0.4, 0.5) is 5.82 Å². The Kier molecular flexibility index (Phi) is 5.00. The number of nitrogens with zero attached hydrogens (tertiary/aromatic N) is 3. The van der Waals surface area contributed by atoms with Gasteiger partial charge < -0.3 is 15.4 Å². The highest BCUT2D eigenvalue weighted by molar-refractivity contribution is 5.35. The maximum absolute atomic E-state index is 5.44. The lowest BCUT2D eigenvalue weighted by Gasteiger charge is -2.16. The highest BCUT2D eigenvalue weighted by Crippen LogP contribution is 2.07. The van der Waals surface area contributed by atoms with Gasteiger partial charge in [-0.2, -0.15) is 5.10 Å². The quantitative estimate of drug-likeness (QED) is 0.689. The average Bonchev–Trinajstić information content (AvgIpc) is 2.29. The third-order valence-corrected chi connectivity index (χ3v) is 2.15. The molecular formula is C10H18N4O. The maximum atomic E-state index is 5.44. The Bertz CT molecular complexity index is 275. The van der Waals surface area contributed by atoms with Gasteiger partial charge in [0.05, 0.1) is 5.69 Å². The van der Waals surface area contributed by atoms with Crippen LogP contribution in [0.5, 0.6) is 0 Å². The molecule has 5 heteroatoms. The Hall–Kier alpha value is -1.20. The zero-order valence-corrected chi connectivity index (χ0v) is 9.31. The van der Waals surface area contributed by atoms with Gasteiger partial charge in [-0.1, -0.05) is 0 Å². The van der Waals surface area contributed by atoms with Gasteiger partial charge in [-0.25, -0.2) is 0 Å². The number of hydrogen-bond donors (Lipinski definition) is 1. The summed E-state index contributed by atoms with van der Waals surface area (Å²) in [5.74, 6) is 0.864. The van der Waals surface area contributed by atoms with Gasteiger partial charge in [0.15, 0.2) is 5.82 Å². The fourth-order valence-corrected chi connectivity index (χ4v) is 1.23. The van der Waals surface area contributed by atoms with Crippen LogP contribution in [-0.2, 0) is 11.3 Å². The zero-order chi connectivity index (χ0) is 11.1. The molecule has 0 aliphatic rings. The van der Waals surface area contributed by atoms with Gasteiger partial charge in [0.1, 0.15) is 0 Å². The summed E-state index contributed by atoms with van der Waals surface area (Å²) >= 11 is 0. The van der Waals surface area contributed by atoms with Gasteiger partial charge in [-0.3, -0.25) is 0 Å². The summed E-state index contributed by atoms with van der Waals surface area (Å²) in [6.45, 7) is 2.10. The molecule has 0 aliphatic heterocycles. The van der Waals surface area contributed by atoms with Crippen molar-refractivity contribution in [1.29, 1.82) is 0 Å². The second-order valence-electron chi connectivity index (χ2n) is 3.35. The molecule has 0 radical (unpaired) electrons. The third kappa shape index (κ3) is 3.81. The van der Waals surface area contributed by atoms with Gasteiger partial charge in [-0.05, 0) is 18.6 Å². The van der Waals surface area contributed by atoms with Gasteiger partial charge >= 0.3 is 0 Å². The summed E-state index contributed by atoms with van der Waals surface area (Å²) in [5.41, 5.74) is 6.25. The van der Waals surface area contributed by atoms with E-state index in [4.69, 9.17) is 10.5 Å². The van der Waals surface area contributed by atoms with Crippen LogP contribution in [0.25, 0.3) is 0 Å². The Balaban J connectivity index is 2.46. The van der Waals surface area contributed by atoms with Gasteiger partial charge in [0.25, 0.3) is 0 Å². The zero-order valence-electron chi connectivity index (χ0n) is 9.31. The molecule has 0 saturated heterocycles. The van der Waals surface area contributed by atoms with Gasteiger partial charge in [-0.15, -0.1) is 5.10 Å². The fraction of sp³-hybridized carbons (Fsp3) is 0.600. The highest BCUT2D eigenvalue weighted by atomic mass is 16.5. The number of nitrogens with two attached hydrogens (primary N) is 1. The molecule has 1 heterocycles. The van der Waals surface area contributed by atoms with Crippen LogP contribution in [0, 0.1) is 0 Å². The summed E-state index contributed by atoms with van der Waals surface area (Å²) in [6.07, 6.45) is 0.979. The van der Waals surface area contributed by atoms with E-state index < -0.39 is 0 Å². The molecule has 0 unspecified atom stereocenters. The van der Waals surface area contributed by atoms with Crippen molar-refractivity contribution in [2.24, 2.45) is 5.73 Å². The Morgan fingerprint density at radius 2 is 2.20 bits per heavy atom. The van der Waals surface area contributed by atoms with E-state index >= 15 is 0 Å². The van der Waals surface area contributed by atoms with Crippen molar-refractivity contribution in [2.75, 3.05) is 32.2 Å². The number of ether oxygens (including phenoxy) is 1. The van der Waals surface area contributed by atoms with E-state index in [1.165, 1.54) is 0 Å². The van der Waals surface area contributed by atoms with Crippen molar-refractivity contribution in [2.45, 2.75) is 13.0 Å². The van der Waals surface area contributed by atoms with E-state index in [1.807, 2.05) is 24.1 Å². The molecule has 0 bridgehead atoms. The van der Waals surface area contributed by atoms with E-state index in [-0.39, 0.29) is 0 Å². The molecule has 0 amide bonds. The monoisotopic (exact) mass is 210 g/mol. The van der Waals surface area contributed by atoms with Crippen LogP contribution in [-0.4, -0.2) is 37.5 Å². The first kappa shape index (κ1) is 11.9. The first-order valence-electron chi connectivity index (χ1n) is 5.00. The minimum atomic E-state index is 0.431. The number of methoxy groups -OCH3 is 1. The molecule has 5 nitrogen and oxygen atoms in total. The summed E-state index contributed by atoms with van der Waals surface area (Å²) in [7, 11) is 3.69. The second-order valence-corrected chi connectivity index (χ2v) is 3.35. The smallest absolute Gasteiger partial charge is 0.150 e. The van der Waals surface area contributed by atoms with Crippen LogP contribution in [0.3, 0.4) is 0 Å². The van der Waals surface area contributed by atoms with Crippen LogP contribution in [0.2, 0.25) is 0 Å². The molecule has 84 valence electrons. The lowest BCUT2D eigenvalue weighted by molar-refractivity contribution is 0.196. The molecular weight excluding hydrogens is 192 g/mol. The van der Waals surface area contributed by atoms with Gasteiger partial charge in [0.2, 0.25) is 0 Å². The first-order chi connectivity index (χ1) is 7.27. The van der Waals surface area contributed by atoms with E-state index in [0.717, 1.165) is 31.1 Å². The lowest BCUT2D eigenvalue weighted by atomic mass is 10.3. The van der Waals surface area contributed by atoms with Crippen molar-refractivity contribution < 1.29 is 4.74 Å². The van der Waals surface area contributed by atoms with E-state index in [0.29, 0.717) is 6.54 Å². The largest absolute Gasteiger partial charge is 0.385 e. The minimum Gasteiger partial charge on any atom is -0.385 e. The minimum absolute atomic E-state index is 0.431. The van der Waals surface area contributed by atoms with Crippen molar-refractivity contribution in [3.63, 3.8) is 0 Å². The summed E-state index contributed by atoms with van der Waals surface area (Å²) < 4.78 is 4.99. The van der Waals surface area contributed by atoms with Crippen LogP contribution in [0.1, 0.15) is 12.1 Å². The average molecular weight is 210 g/mol.